The molecule has 12 heavy (non-hydrogen) atoms. The van der Waals surface area contributed by atoms with E-state index in [4.69, 9.17) is 10.1 Å². The average molecular weight is 194 g/mol. The van der Waals surface area contributed by atoms with E-state index in [-0.39, 0.29) is 12.4 Å². The smallest absolute Gasteiger partial charge is 0.180 e. The maximum absolute atomic E-state index is 7.30. The summed E-state index contributed by atoms with van der Waals surface area (Å²) in [6.07, 6.45) is 5.67. The van der Waals surface area contributed by atoms with E-state index in [0.717, 1.165) is 12.8 Å². The zero-order valence-corrected chi connectivity index (χ0v) is 8.88. The highest BCUT2D eigenvalue weighted by Gasteiger charge is 1.95. The first-order chi connectivity index (χ1) is 5.31. The topological polar surface area (TPSA) is 33.1 Å². The molecule has 0 saturated carbocycles. The Morgan fingerprint density at radius 2 is 1.83 bits per heavy atom. The van der Waals surface area contributed by atoms with Gasteiger partial charge in [-0.15, -0.1) is 12.4 Å². The number of nitrogens with one attached hydrogen (secondary N) is 1. The molecule has 1 N–H and O–H groups in total. The molecule has 0 aromatic carbocycles. The van der Waals surface area contributed by atoms with E-state index < -0.39 is 0 Å². The van der Waals surface area contributed by atoms with Gasteiger partial charge in [-0.1, -0.05) is 26.2 Å². The number of unbranched alkanes of at least 4 members (excludes halogenated alkanes) is 3. The minimum absolute atomic E-state index is 0. The lowest BCUT2D eigenvalue weighted by atomic mass is 10.1. The first-order valence-corrected chi connectivity index (χ1v) is 4.51. The fraction of sp³-hybridized carbons (Fsp3) is 0.889. The van der Waals surface area contributed by atoms with Gasteiger partial charge >= 0.3 is 0 Å². The monoisotopic (exact) mass is 193 g/mol. The Hall–Kier alpha value is -0.240. The SMILES string of the molecule is CCCCCCC(=N)OCC.Cl. The molecule has 0 radical (unpaired) electrons. The fourth-order valence-electron chi connectivity index (χ4n) is 0.959. The summed E-state index contributed by atoms with van der Waals surface area (Å²) >= 11 is 0. The minimum Gasteiger partial charge on any atom is -0.481 e. The Kier molecular flexibility index (Phi) is 12.8. The van der Waals surface area contributed by atoms with Gasteiger partial charge in [0.1, 0.15) is 0 Å². The molecule has 0 rings (SSSR count). The van der Waals surface area contributed by atoms with E-state index in [1.807, 2.05) is 6.92 Å². The van der Waals surface area contributed by atoms with Crippen LogP contribution in [0.3, 0.4) is 0 Å². The third-order valence-electron chi connectivity index (χ3n) is 1.58. The van der Waals surface area contributed by atoms with Crippen LogP contribution in [-0.4, -0.2) is 12.5 Å². The van der Waals surface area contributed by atoms with Gasteiger partial charge in [-0.3, -0.25) is 5.41 Å². The Balaban J connectivity index is 0. The van der Waals surface area contributed by atoms with E-state index in [0.29, 0.717) is 12.5 Å². The molecule has 0 atom stereocenters. The Morgan fingerprint density at radius 3 is 2.33 bits per heavy atom. The van der Waals surface area contributed by atoms with E-state index >= 15 is 0 Å². The van der Waals surface area contributed by atoms with Crippen LogP contribution >= 0.6 is 12.4 Å². The number of rotatable bonds is 6. The van der Waals surface area contributed by atoms with Gasteiger partial charge in [0, 0.05) is 6.42 Å². The zero-order valence-electron chi connectivity index (χ0n) is 8.06. The Labute approximate surface area is 81.6 Å². The largest absolute Gasteiger partial charge is 0.481 e. The number of hydrogen-bond acceptors (Lipinski definition) is 2. The fourth-order valence-corrected chi connectivity index (χ4v) is 0.959. The van der Waals surface area contributed by atoms with Crippen LogP contribution in [0.25, 0.3) is 0 Å². The molecular formula is C9H20ClNO. The maximum Gasteiger partial charge on any atom is 0.180 e. The van der Waals surface area contributed by atoms with Crippen molar-refractivity contribution in [1.82, 2.24) is 0 Å². The van der Waals surface area contributed by atoms with Gasteiger partial charge in [-0.05, 0) is 13.3 Å². The highest BCUT2D eigenvalue weighted by atomic mass is 35.5. The predicted molar refractivity (Wildman–Crippen MR) is 55.4 cm³/mol. The summed E-state index contributed by atoms with van der Waals surface area (Å²) in [6, 6.07) is 0. The van der Waals surface area contributed by atoms with Crippen LogP contribution in [0.1, 0.15) is 46.0 Å². The molecule has 2 nitrogen and oxygen atoms in total. The van der Waals surface area contributed by atoms with Crippen molar-refractivity contribution in [2.75, 3.05) is 6.61 Å². The summed E-state index contributed by atoms with van der Waals surface area (Å²) in [5.74, 6) is 0.448. The first kappa shape index (κ1) is 14.3. The van der Waals surface area contributed by atoms with Crippen molar-refractivity contribution in [3.8, 4) is 0 Å². The van der Waals surface area contributed by atoms with Crippen LogP contribution in [0.4, 0.5) is 0 Å². The average Bonchev–Trinajstić information content (AvgIpc) is 1.99. The van der Waals surface area contributed by atoms with Crippen molar-refractivity contribution in [2.24, 2.45) is 0 Å². The summed E-state index contributed by atoms with van der Waals surface area (Å²) in [4.78, 5) is 0. The van der Waals surface area contributed by atoms with Gasteiger partial charge in [-0.2, -0.15) is 0 Å². The summed E-state index contributed by atoms with van der Waals surface area (Å²) in [5.41, 5.74) is 0. The number of hydrogen-bond donors (Lipinski definition) is 1. The molecule has 0 aliphatic rings. The zero-order chi connectivity index (χ0) is 8.53. The van der Waals surface area contributed by atoms with Crippen molar-refractivity contribution in [3.63, 3.8) is 0 Å². The molecule has 0 spiro atoms. The molecule has 74 valence electrons. The number of halogens is 1. The summed E-state index contributed by atoms with van der Waals surface area (Å²) < 4.78 is 5.01. The van der Waals surface area contributed by atoms with Crippen LogP contribution in [0.15, 0.2) is 0 Å². The van der Waals surface area contributed by atoms with Crippen molar-refractivity contribution in [3.05, 3.63) is 0 Å². The highest BCUT2D eigenvalue weighted by Crippen LogP contribution is 2.03. The molecule has 0 heterocycles. The predicted octanol–water partition coefficient (Wildman–Crippen LogP) is 3.39. The lowest BCUT2D eigenvalue weighted by Crippen LogP contribution is -2.01. The van der Waals surface area contributed by atoms with Crippen molar-refractivity contribution in [2.45, 2.75) is 46.0 Å². The van der Waals surface area contributed by atoms with E-state index in [9.17, 15) is 0 Å². The standard InChI is InChI=1S/C9H19NO.ClH/c1-3-5-6-7-8-9(10)11-4-2;/h10H,3-8H2,1-2H3;1H. The quantitative estimate of drug-likeness (QED) is 0.392. The van der Waals surface area contributed by atoms with Crippen molar-refractivity contribution in [1.29, 1.82) is 5.41 Å². The third-order valence-corrected chi connectivity index (χ3v) is 1.58. The van der Waals surface area contributed by atoms with Crippen LogP contribution in [0.5, 0.6) is 0 Å². The molecular weight excluding hydrogens is 174 g/mol. The van der Waals surface area contributed by atoms with Gasteiger partial charge in [-0.25, -0.2) is 0 Å². The molecule has 0 aromatic rings. The molecule has 0 saturated heterocycles. The summed E-state index contributed by atoms with van der Waals surface area (Å²) in [7, 11) is 0. The van der Waals surface area contributed by atoms with Gasteiger partial charge in [0.05, 0.1) is 6.61 Å². The first-order valence-electron chi connectivity index (χ1n) is 4.51. The normalized spacial score (nSPS) is 8.83. The second kappa shape index (κ2) is 10.8. The molecule has 0 aromatic heterocycles. The van der Waals surface area contributed by atoms with Gasteiger partial charge in [0.2, 0.25) is 0 Å². The van der Waals surface area contributed by atoms with Crippen molar-refractivity contribution >= 4 is 18.3 Å². The van der Waals surface area contributed by atoms with E-state index in [1.54, 1.807) is 0 Å². The second-order valence-electron chi connectivity index (χ2n) is 2.67. The van der Waals surface area contributed by atoms with Gasteiger partial charge < -0.3 is 4.74 Å². The van der Waals surface area contributed by atoms with Crippen LogP contribution in [-0.2, 0) is 4.74 Å². The molecule has 0 fully saturated rings. The second-order valence-corrected chi connectivity index (χ2v) is 2.67. The van der Waals surface area contributed by atoms with Gasteiger partial charge in [0.25, 0.3) is 0 Å². The molecule has 0 aliphatic carbocycles. The number of ether oxygens (including phenoxy) is 1. The molecule has 3 heteroatoms. The highest BCUT2D eigenvalue weighted by molar-refractivity contribution is 5.85. The third kappa shape index (κ3) is 9.76. The molecule has 0 amide bonds. The molecule has 0 bridgehead atoms. The summed E-state index contributed by atoms with van der Waals surface area (Å²) in [6.45, 7) is 4.74. The van der Waals surface area contributed by atoms with E-state index in [2.05, 4.69) is 6.92 Å². The Morgan fingerprint density at radius 1 is 1.17 bits per heavy atom. The summed E-state index contributed by atoms with van der Waals surface area (Å²) in [5, 5.41) is 7.30. The lowest BCUT2D eigenvalue weighted by Gasteiger charge is -2.03. The van der Waals surface area contributed by atoms with Gasteiger partial charge in [0.15, 0.2) is 5.90 Å². The molecule has 0 aliphatic heterocycles. The lowest BCUT2D eigenvalue weighted by molar-refractivity contribution is 0.312. The van der Waals surface area contributed by atoms with Crippen LogP contribution < -0.4 is 0 Å². The molecule has 0 unspecified atom stereocenters. The maximum atomic E-state index is 7.30. The Bertz CT molecular complexity index is 107. The van der Waals surface area contributed by atoms with Crippen LogP contribution in [0, 0.1) is 5.41 Å². The van der Waals surface area contributed by atoms with Crippen LogP contribution in [0.2, 0.25) is 0 Å². The minimum atomic E-state index is 0. The van der Waals surface area contributed by atoms with E-state index in [1.165, 1.54) is 19.3 Å². The van der Waals surface area contributed by atoms with Crippen molar-refractivity contribution < 1.29 is 4.74 Å².